The average Bonchev–Trinajstić information content (AvgIpc) is 2.76. The Hall–Kier alpha value is -2.19. The van der Waals surface area contributed by atoms with Gasteiger partial charge in [0.25, 0.3) is 0 Å². The number of hydrogen-bond acceptors (Lipinski definition) is 6. The predicted octanol–water partition coefficient (Wildman–Crippen LogP) is -1.80. The number of carbonyl (C=O) groups excluding carboxylic acids is 1. The van der Waals surface area contributed by atoms with Crippen LogP contribution in [0.1, 0.15) is 12.7 Å². The van der Waals surface area contributed by atoms with Crippen molar-refractivity contribution in [2.45, 2.75) is 13.5 Å². The van der Waals surface area contributed by atoms with Crippen LogP contribution in [0.15, 0.2) is 5.16 Å². The van der Waals surface area contributed by atoms with E-state index in [1.807, 2.05) is 0 Å². The molecule has 0 saturated carbocycles. The Bertz CT molecular complexity index is 346. The smallest absolute Gasteiger partial charge is 0.230 e. The third kappa shape index (κ3) is 2.90. The van der Waals surface area contributed by atoms with Crippen molar-refractivity contribution in [2.75, 3.05) is 0 Å². The molecule has 1 unspecified atom stereocenters. The molecule has 0 spiro atoms. The fourth-order valence-corrected chi connectivity index (χ4v) is 0.798. The normalized spacial score (nSPS) is 13.5. The van der Waals surface area contributed by atoms with Crippen molar-refractivity contribution in [3.05, 3.63) is 5.82 Å². The summed E-state index contributed by atoms with van der Waals surface area (Å²) in [5.41, 5.74) is 5.26. The van der Waals surface area contributed by atoms with E-state index >= 15 is 0 Å². The van der Waals surface area contributed by atoms with Crippen molar-refractivity contribution in [1.29, 1.82) is 0 Å². The maximum atomic E-state index is 11.4. The molecule has 5 N–H and O–H groups in total. The molecule has 82 valence electrons. The minimum absolute atomic E-state index is 0.137. The molecule has 0 bridgehead atoms. The van der Waals surface area contributed by atoms with Crippen LogP contribution in [0.25, 0.3) is 0 Å². The van der Waals surface area contributed by atoms with Gasteiger partial charge in [0, 0.05) is 0 Å². The van der Waals surface area contributed by atoms with Gasteiger partial charge in [0.1, 0.15) is 0 Å². The number of nitrogens with two attached hydrogens (primary N) is 1. The number of amidine groups is 1. The highest BCUT2D eigenvalue weighted by molar-refractivity contribution is 6.01. The second kappa shape index (κ2) is 4.88. The zero-order chi connectivity index (χ0) is 11.3. The van der Waals surface area contributed by atoms with Gasteiger partial charge in [-0.1, -0.05) is 10.4 Å². The quantitative estimate of drug-likeness (QED) is 0.201. The monoisotopic (exact) mass is 213 g/mol. The van der Waals surface area contributed by atoms with Gasteiger partial charge in [0.05, 0.1) is 12.5 Å². The van der Waals surface area contributed by atoms with Crippen molar-refractivity contribution in [1.82, 2.24) is 25.9 Å². The summed E-state index contributed by atoms with van der Waals surface area (Å²) in [5, 5.41) is 26.4. The standard InChI is InChI=1S/C6H11N7O2/c1-3(5(7)11-15)6(14)8-2-4-9-12-13-10-4/h3,15H,2H2,1H3,(H2,7,11)(H,8,14)(H,9,10,12,13). The first-order valence-electron chi connectivity index (χ1n) is 4.12. The summed E-state index contributed by atoms with van der Waals surface area (Å²) in [4.78, 5) is 11.4. The number of hydrogen-bond donors (Lipinski definition) is 4. The molecule has 1 aromatic rings. The number of H-pyrrole nitrogens is 1. The second-order valence-electron chi connectivity index (χ2n) is 2.79. The Balaban J connectivity index is 2.43. The molecule has 0 radical (unpaired) electrons. The molecule has 0 aromatic carbocycles. The number of tetrazole rings is 1. The Morgan fingerprint density at radius 3 is 3.07 bits per heavy atom. The number of aromatic nitrogens is 4. The lowest BCUT2D eigenvalue weighted by Crippen LogP contribution is -2.37. The first kappa shape index (κ1) is 10.9. The van der Waals surface area contributed by atoms with Gasteiger partial charge in [-0.25, -0.2) is 0 Å². The lowest BCUT2D eigenvalue weighted by Gasteiger charge is -2.08. The van der Waals surface area contributed by atoms with E-state index in [1.54, 1.807) is 0 Å². The third-order valence-electron chi connectivity index (χ3n) is 1.76. The molecule has 1 rings (SSSR count). The molecule has 0 aliphatic carbocycles. The summed E-state index contributed by atoms with van der Waals surface area (Å²) in [6, 6.07) is 0. The molecular weight excluding hydrogens is 202 g/mol. The summed E-state index contributed by atoms with van der Waals surface area (Å²) < 4.78 is 0. The van der Waals surface area contributed by atoms with Crippen LogP contribution in [-0.4, -0.2) is 37.6 Å². The van der Waals surface area contributed by atoms with Crippen LogP contribution in [0.5, 0.6) is 0 Å². The van der Waals surface area contributed by atoms with Crippen LogP contribution in [0.4, 0.5) is 0 Å². The third-order valence-corrected chi connectivity index (χ3v) is 1.76. The maximum absolute atomic E-state index is 11.4. The first-order chi connectivity index (χ1) is 7.15. The number of rotatable bonds is 4. The Morgan fingerprint density at radius 1 is 1.80 bits per heavy atom. The predicted molar refractivity (Wildman–Crippen MR) is 48.6 cm³/mol. The van der Waals surface area contributed by atoms with E-state index in [4.69, 9.17) is 10.9 Å². The minimum Gasteiger partial charge on any atom is -0.409 e. The van der Waals surface area contributed by atoms with Crippen LogP contribution in [0.2, 0.25) is 0 Å². The fourth-order valence-electron chi connectivity index (χ4n) is 0.798. The van der Waals surface area contributed by atoms with Crippen LogP contribution < -0.4 is 11.1 Å². The molecule has 9 nitrogen and oxygen atoms in total. The highest BCUT2D eigenvalue weighted by Crippen LogP contribution is 1.95. The number of aromatic amines is 1. The van der Waals surface area contributed by atoms with Gasteiger partial charge in [0.15, 0.2) is 11.7 Å². The lowest BCUT2D eigenvalue weighted by atomic mass is 10.1. The molecule has 9 heteroatoms. The fraction of sp³-hybridized carbons (Fsp3) is 0.500. The van der Waals surface area contributed by atoms with Gasteiger partial charge in [0.2, 0.25) is 5.91 Å². The van der Waals surface area contributed by atoms with Crippen molar-refractivity contribution in [3.63, 3.8) is 0 Å². The number of nitrogens with one attached hydrogen (secondary N) is 2. The van der Waals surface area contributed by atoms with E-state index in [0.717, 1.165) is 0 Å². The maximum Gasteiger partial charge on any atom is 0.230 e. The Morgan fingerprint density at radius 2 is 2.53 bits per heavy atom. The number of nitrogens with zero attached hydrogens (tertiary/aromatic N) is 4. The summed E-state index contributed by atoms with van der Waals surface area (Å²) >= 11 is 0. The Kier molecular flexibility index (Phi) is 3.55. The summed E-state index contributed by atoms with van der Waals surface area (Å²) in [7, 11) is 0. The van der Waals surface area contributed by atoms with Crippen molar-refractivity contribution >= 4 is 11.7 Å². The molecule has 0 fully saturated rings. The van der Waals surface area contributed by atoms with Crippen molar-refractivity contribution in [2.24, 2.45) is 16.8 Å². The zero-order valence-corrected chi connectivity index (χ0v) is 8.01. The van der Waals surface area contributed by atoms with Gasteiger partial charge in [-0.3, -0.25) is 4.79 Å². The van der Waals surface area contributed by atoms with Crippen LogP contribution in [0, 0.1) is 5.92 Å². The van der Waals surface area contributed by atoms with E-state index in [-0.39, 0.29) is 18.3 Å². The van der Waals surface area contributed by atoms with Gasteiger partial charge < -0.3 is 16.3 Å². The highest BCUT2D eigenvalue weighted by atomic mass is 16.4. The van der Waals surface area contributed by atoms with Gasteiger partial charge >= 0.3 is 0 Å². The van der Waals surface area contributed by atoms with Crippen LogP contribution in [0.3, 0.4) is 0 Å². The molecule has 1 heterocycles. The summed E-state index contributed by atoms with van der Waals surface area (Å²) in [5.74, 6) is -0.882. The Labute approximate surface area is 84.7 Å². The van der Waals surface area contributed by atoms with E-state index in [0.29, 0.717) is 5.82 Å². The van der Waals surface area contributed by atoms with Crippen molar-refractivity contribution < 1.29 is 10.0 Å². The van der Waals surface area contributed by atoms with Gasteiger partial charge in [-0.05, 0) is 6.92 Å². The molecule has 0 aliphatic rings. The zero-order valence-electron chi connectivity index (χ0n) is 8.01. The van der Waals surface area contributed by atoms with Gasteiger partial charge in [-0.15, -0.1) is 10.2 Å². The number of carbonyl (C=O) groups is 1. The van der Waals surface area contributed by atoms with E-state index < -0.39 is 5.92 Å². The lowest BCUT2D eigenvalue weighted by molar-refractivity contribution is -0.122. The van der Waals surface area contributed by atoms with Crippen molar-refractivity contribution in [3.8, 4) is 0 Å². The highest BCUT2D eigenvalue weighted by Gasteiger charge is 2.17. The topological polar surface area (TPSA) is 142 Å². The van der Waals surface area contributed by atoms with E-state index in [9.17, 15) is 4.79 Å². The minimum atomic E-state index is -0.707. The summed E-state index contributed by atoms with van der Waals surface area (Å²) in [6.07, 6.45) is 0. The molecule has 1 atom stereocenters. The SMILES string of the molecule is CC(C(=O)NCc1nn[nH]n1)C(N)=NO. The van der Waals surface area contributed by atoms with Crippen LogP contribution in [-0.2, 0) is 11.3 Å². The number of oxime groups is 1. The van der Waals surface area contributed by atoms with Crippen LogP contribution >= 0.6 is 0 Å². The summed E-state index contributed by atoms with van der Waals surface area (Å²) in [6.45, 7) is 1.65. The van der Waals surface area contributed by atoms with E-state index in [1.165, 1.54) is 6.92 Å². The first-order valence-corrected chi connectivity index (χ1v) is 4.12. The largest absolute Gasteiger partial charge is 0.409 e. The second-order valence-corrected chi connectivity index (χ2v) is 2.79. The molecule has 1 amide bonds. The van der Waals surface area contributed by atoms with E-state index in [2.05, 4.69) is 31.1 Å². The molecule has 0 aliphatic heterocycles. The average molecular weight is 213 g/mol. The number of amides is 1. The van der Waals surface area contributed by atoms with Gasteiger partial charge in [-0.2, -0.15) is 5.21 Å². The molecule has 15 heavy (non-hydrogen) atoms. The molecular formula is C6H11N7O2. The molecule has 1 aromatic heterocycles. The molecule has 0 saturated heterocycles.